The van der Waals surface area contributed by atoms with Crippen LogP contribution in [0.15, 0.2) is 11.6 Å². The number of fused-ring (bicyclic) bond motifs is 1. The molecule has 1 amide bonds. The topological polar surface area (TPSA) is 46.3 Å². The number of rotatable bonds is 1. The first-order chi connectivity index (χ1) is 4.84. The molecule has 1 unspecified atom stereocenters. The maximum atomic E-state index is 11.1. The van der Waals surface area contributed by atoms with Gasteiger partial charge in [-0.1, -0.05) is 0 Å². The minimum Gasteiger partial charge on any atom is -0.330 e. The van der Waals surface area contributed by atoms with E-state index < -0.39 is 0 Å². The molecule has 4 heteroatoms. The normalized spacial score (nSPS) is 36.1. The van der Waals surface area contributed by atoms with Gasteiger partial charge in [-0.2, -0.15) is 0 Å². The van der Waals surface area contributed by atoms with E-state index in [2.05, 4.69) is 0 Å². The number of nitrogens with zero attached hydrogens (tertiary/aromatic N) is 1. The van der Waals surface area contributed by atoms with E-state index in [1.165, 1.54) is 0 Å². The van der Waals surface area contributed by atoms with E-state index in [9.17, 15) is 4.79 Å². The molecule has 0 aromatic heterocycles. The standard InChI is InChI=1S/C6H8N2OS/c7-3-4-5(9)8-1-2-10-6(4)8/h1-2,4,6H,3,7H2/t4?,6-/m0/s1. The third-order valence-electron chi connectivity index (χ3n) is 1.88. The van der Waals surface area contributed by atoms with Crippen molar-refractivity contribution in [3.63, 3.8) is 0 Å². The van der Waals surface area contributed by atoms with Gasteiger partial charge in [0, 0.05) is 12.7 Å². The van der Waals surface area contributed by atoms with E-state index in [-0.39, 0.29) is 11.8 Å². The summed E-state index contributed by atoms with van der Waals surface area (Å²) >= 11 is 1.67. The molecule has 2 aliphatic heterocycles. The molecule has 0 saturated carbocycles. The van der Waals surface area contributed by atoms with Gasteiger partial charge >= 0.3 is 0 Å². The predicted molar refractivity (Wildman–Crippen MR) is 39.9 cm³/mol. The smallest absolute Gasteiger partial charge is 0.234 e. The summed E-state index contributed by atoms with van der Waals surface area (Å²) in [4.78, 5) is 12.8. The Bertz CT molecular complexity index is 204. The molecular weight excluding hydrogens is 148 g/mol. The largest absolute Gasteiger partial charge is 0.330 e. The molecule has 0 radical (unpaired) electrons. The monoisotopic (exact) mass is 156 g/mol. The second-order valence-electron chi connectivity index (χ2n) is 2.40. The van der Waals surface area contributed by atoms with Gasteiger partial charge in [0.15, 0.2) is 0 Å². The van der Waals surface area contributed by atoms with Crippen molar-refractivity contribution in [3.05, 3.63) is 11.6 Å². The molecule has 2 N–H and O–H groups in total. The lowest BCUT2D eigenvalue weighted by molar-refractivity contribution is -0.144. The molecule has 0 aromatic rings. The number of nitrogens with two attached hydrogens (primary N) is 1. The molecule has 54 valence electrons. The van der Waals surface area contributed by atoms with E-state index in [1.54, 1.807) is 16.7 Å². The minimum absolute atomic E-state index is 0.0694. The molecule has 0 spiro atoms. The highest BCUT2D eigenvalue weighted by atomic mass is 32.2. The summed E-state index contributed by atoms with van der Waals surface area (Å²) in [7, 11) is 0. The van der Waals surface area contributed by atoms with Gasteiger partial charge in [0.2, 0.25) is 5.91 Å². The number of amides is 1. The van der Waals surface area contributed by atoms with Crippen LogP contribution in [0.3, 0.4) is 0 Å². The highest BCUT2D eigenvalue weighted by Crippen LogP contribution is 2.39. The van der Waals surface area contributed by atoms with Gasteiger partial charge in [-0.05, 0) is 5.41 Å². The summed E-state index contributed by atoms with van der Waals surface area (Å²) in [5, 5.41) is 2.26. The Hall–Kier alpha value is -0.480. The van der Waals surface area contributed by atoms with Gasteiger partial charge in [-0.3, -0.25) is 4.79 Å². The highest BCUT2D eigenvalue weighted by Gasteiger charge is 2.47. The van der Waals surface area contributed by atoms with Crippen LogP contribution in [0.5, 0.6) is 0 Å². The van der Waals surface area contributed by atoms with Crippen LogP contribution >= 0.6 is 11.8 Å². The van der Waals surface area contributed by atoms with E-state index in [0.717, 1.165) is 0 Å². The summed E-state index contributed by atoms with van der Waals surface area (Å²) in [6.07, 6.45) is 1.82. The maximum absolute atomic E-state index is 11.1. The van der Waals surface area contributed by atoms with Gasteiger partial charge < -0.3 is 10.6 Å². The molecule has 0 bridgehead atoms. The Balaban J connectivity index is 2.12. The average Bonchev–Trinajstić information content (AvgIpc) is 2.33. The third kappa shape index (κ3) is 0.578. The fourth-order valence-corrected chi connectivity index (χ4v) is 2.35. The molecule has 1 fully saturated rings. The van der Waals surface area contributed by atoms with Crippen molar-refractivity contribution in [2.45, 2.75) is 5.37 Å². The van der Waals surface area contributed by atoms with Crippen molar-refractivity contribution >= 4 is 17.7 Å². The van der Waals surface area contributed by atoms with Crippen molar-refractivity contribution < 1.29 is 4.79 Å². The Kier molecular flexibility index (Phi) is 1.25. The third-order valence-corrected chi connectivity index (χ3v) is 3.00. The van der Waals surface area contributed by atoms with Crippen molar-refractivity contribution in [1.82, 2.24) is 4.90 Å². The highest BCUT2D eigenvalue weighted by molar-refractivity contribution is 8.03. The van der Waals surface area contributed by atoms with Crippen LogP contribution in [0, 0.1) is 5.92 Å². The van der Waals surface area contributed by atoms with Crippen LogP contribution < -0.4 is 5.73 Å². The molecule has 2 aliphatic rings. The predicted octanol–water partition coefficient (Wildman–Crippen LogP) is -0.0524. The van der Waals surface area contributed by atoms with Crippen LogP contribution in [-0.4, -0.2) is 22.7 Å². The molecule has 2 rings (SSSR count). The van der Waals surface area contributed by atoms with E-state index >= 15 is 0 Å². The van der Waals surface area contributed by atoms with Gasteiger partial charge in [0.05, 0.1) is 11.3 Å². The quantitative estimate of drug-likeness (QED) is 0.541. The summed E-state index contributed by atoms with van der Waals surface area (Å²) in [5.41, 5.74) is 5.39. The molecule has 2 heterocycles. The van der Waals surface area contributed by atoms with Crippen LogP contribution in [0.2, 0.25) is 0 Å². The minimum atomic E-state index is 0.0694. The number of carbonyl (C=O) groups excluding carboxylic acids is 1. The van der Waals surface area contributed by atoms with Crippen molar-refractivity contribution in [2.75, 3.05) is 6.54 Å². The number of hydrogen-bond donors (Lipinski definition) is 1. The fourth-order valence-electron chi connectivity index (χ4n) is 1.27. The second kappa shape index (κ2) is 2.00. The van der Waals surface area contributed by atoms with Gasteiger partial charge in [0.1, 0.15) is 0 Å². The Morgan fingerprint density at radius 2 is 2.60 bits per heavy atom. The average molecular weight is 156 g/mol. The number of thioether (sulfide) groups is 1. The first-order valence-corrected chi connectivity index (χ1v) is 4.13. The number of hydrogen-bond acceptors (Lipinski definition) is 3. The zero-order chi connectivity index (χ0) is 7.14. The fraction of sp³-hybridized carbons (Fsp3) is 0.500. The van der Waals surface area contributed by atoms with Crippen LogP contribution in [0.25, 0.3) is 0 Å². The molecule has 0 aromatic carbocycles. The number of β-lactam (4-membered cyclic amide) rings is 1. The zero-order valence-corrected chi connectivity index (χ0v) is 6.17. The lowest BCUT2D eigenvalue weighted by Gasteiger charge is -2.40. The molecule has 2 atom stereocenters. The molecular formula is C6H8N2OS. The van der Waals surface area contributed by atoms with Gasteiger partial charge in [-0.15, -0.1) is 11.8 Å². The maximum Gasteiger partial charge on any atom is 0.234 e. The summed E-state index contributed by atoms with van der Waals surface area (Å²) in [5.74, 6) is 0.244. The van der Waals surface area contributed by atoms with Crippen LogP contribution in [-0.2, 0) is 4.79 Å². The van der Waals surface area contributed by atoms with Gasteiger partial charge in [-0.25, -0.2) is 0 Å². The zero-order valence-electron chi connectivity index (χ0n) is 5.36. The summed E-state index contributed by atoms with van der Waals surface area (Å²) in [6, 6.07) is 0. The summed E-state index contributed by atoms with van der Waals surface area (Å²) in [6.45, 7) is 0.481. The lowest BCUT2D eigenvalue weighted by atomic mass is 9.99. The first-order valence-electron chi connectivity index (χ1n) is 3.19. The lowest BCUT2D eigenvalue weighted by Crippen LogP contribution is -2.57. The van der Waals surface area contributed by atoms with Crippen molar-refractivity contribution in [2.24, 2.45) is 11.7 Å². The Morgan fingerprint density at radius 1 is 1.80 bits per heavy atom. The van der Waals surface area contributed by atoms with E-state index in [1.807, 2.05) is 11.6 Å². The molecule has 1 saturated heterocycles. The first kappa shape index (κ1) is 6.24. The molecule has 10 heavy (non-hydrogen) atoms. The summed E-state index contributed by atoms with van der Waals surface area (Å²) < 4.78 is 0. The van der Waals surface area contributed by atoms with Crippen molar-refractivity contribution in [1.29, 1.82) is 0 Å². The molecule has 3 nitrogen and oxygen atoms in total. The van der Waals surface area contributed by atoms with E-state index in [4.69, 9.17) is 5.73 Å². The van der Waals surface area contributed by atoms with Crippen LogP contribution in [0.1, 0.15) is 0 Å². The second-order valence-corrected chi connectivity index (χ2v) is 3.43. The number of carbonyl (C=O) groups is 1. The molecule has 0 aliphatic carbocycles. The van der Waals surface area contributed by atoms with Crippen molar-refractivity contribution in [3.8, 4) is 0 Å². The van der Waals surface area contributed by atoms with Gasteiger partial charge in [0.25, 0.3) is 0 Å². The Morgan fingerprint density at radius 3 is 3.30 bits per heavy atom. The van der Waals surface area contributed by atoms with Crippen LogP contribution in [0.4, 0.5) is 0 Å². The Labute approximate surface area is 63.2 Å². The van der Waals surface area contributed by atoms with E-state index in [0.29, 0.717) is 11.9 Å². The SMILES string of the molecule is NCC1C(=O)N2C=CS[C@@H]12.